The van der Waals surface area contributed by atoms with Crippen molar-refractivity contribution in [2.24, 2.45) is 23.7 Å². The van der Waals surface area contributed by atoms with Crippen molar-refractivity contribution in [3.05, 3.63) is 0 Å². The molecule has 0 aromatic heterocycles. The molecular weight excluding hydrogens is 230 g/mol. The molecule has 1 unspecified atom stereocenters. The molecule has 0 spiro atoms. The lowest BCUT2D eigenvalue weighted by molar-refractivity contribution is 0.139. The molecule has 1 N–H and O–H groups in total. The molecule has 0 aliphatic heterocycles. The molecule has 112 valence electrons. The fraction of sp³-hybridized carbons (Fsp3) is 1.00. The largest absolute Gasteiger partial charge is 0.314 e. The molecule has 2 fully saturated rings. The first kappa shape index (κ1) is 15.4. The lowest BCUT2D eigenvalue weighted by Crippen LogP contribution is -2.44. The minimum absolute atomic E-state index is 0.832. The molecule has 1 atom stereocenters. The average molecular weight is 265 g/mol. The topological polar surface area (TPSA) is 12.0 Å². The van der Waals surface area contributed by atoms with Gasteiger partial charge in [-0.05, 0) is 68.7 Å². The first-order valence-corrected chi connectivity index (χ1v) is 8.95. The fourth-order valence-corrected chi connectivity index (χ4v) is 4.62. The molecule has 2 aliphatic rings. The van der Waals surface area contributed by atoms with Gasteiger partial charge in [0, 0.05) is 6.04 Å². The van der Waals surface area contributed by atoms with E-state index < -0.39 is 0 Å². The summed E-state index contributed by atoms with van der Waals surface area (Å²) in [4.78, 5) is 0. The first-order valence-electron chi connectivity index (χ1n) is 8.95. The van der Waals surface area contributed by atoms with E-state index in [9.17, 15) is 0 Å². The highest BCUT2D eigenvalue weighted by Crippen LogP contribution is 2.39. The van der Waals surface area contributed by atoms with E-state index in [4.69, 9.17) is 0 Å². The Kier molecular flexibility index (Phi) is 6.19. The summed E-state index contributed by atoms with van der Waals surface area (Å²) in [7, 11) is 0. The maximum atomic E-state index is 3.87. The summed E-state index contributed by atoms with van der Waals surface area (Å²) in [5, 5.41) is 3.87. The van der Waals surface area contributed by atoms with Crippen LogP contribution in [-0.4, -0.2) is 12.6 Å². The Labute approximate surface area is 120 Å². The van der Waals surface area contributed by atoms with Gasteiger partial charge >= 0.3 is 0 Å². The number of hydrogen-bond acceptors (Lipinski definition) is 1. The van der Waals surface area contributed by atoms with E-state index in [-0.39, 0.29) is 0 Å². The summed E-state index contributed by atoms with van der Waals surface area (Å²) >= 11 is 0. The Bertz CT molecular complexity index is 234. The molecule has 0 amide bonds. The van der Waals surface area contributed by atoms with Gasteiger partial charge in [-0.15, -0.1) is 0 Å². The summed E-state index contributed by atoms with van der Waals surface area (Å²) in [5.74, 6) is 3.85. The van der Waals surface area contributed by atoms with Crippen LogP contribution in [0.1, 0.15) is 78.6 Å². The third kappa shape index (κ3) is 4.21. The van der Waals surface area contributed by atoms with E-state index in [0.717, 1.165) is 36.3 Å². The van der Waals surface area contributed by atoms with Crippen molar-refractivity contribution in [1.82, 2.24) is 5.32 Å². The molecular formula is C18H35N. The van der Waals surface area contributed by atoms with Crippen molar-refractivity contribution in [2.75, 3.05) is 6.54 Å². The van der Waals surface area contributed by atoms with Gasteiger partial charge in [0.15, 0.2) is 0 Å². The number of rotatable bonds is 5. The molecule has 1 heteroatoms. The Balaban J connectivity index is 1.88. The fourth-order valence-electron chi connectivity index (χ4n) is 4.62. The van der Waals surface area contributed by atoms with Crippen molar-refractivity contribution in [2.45, 2.75) is 84.6 Å². The van der Waals surface area contributed by atoms with Crippen LogP contribution in [0.3, 0.4) is 0 Å². The molecule has 0 radical (unpaired) electrons. The van der Waals surface area contributed by atoms with Crippen LogP contribution in [0.15, 0.2) is 0 Å². The molecule has 1 nitrogen and oxygen atoms in total. The van der Waals surface area contributed by atoms with Crippen molar-refractivity contribution >= 4 is 0 Å². The van der Waals surface area contributed by atoms with Crippen LogP contribution in [0.4, 0.5) is 0 Å². The van der Waals surface area contributed by atoms with Crippen LogP contribution < -0.4 is 5.32 Å². The van der Waals surface area contributed by atoms with Crippen molar-refractivity contribution in [3.8, 4) is 0 Å². The van der Waals surface area contributed by atoms with Gasteiger partial charge in [-0.2, -0.15) is 0 Å². The van der Waals surface area contributed by atoms with Gasteiger partial charge in [0.25, 0.3) is 0 Å². The summed E-state index contributed by atoms with van der Waals surface area (Å²) in [6.45, 7) is 8.27. The van der Waals surface area contributed by atoms with Crippen LogP contribution >= 0.6 is 0 Å². The molecule has 0 heterocycles. The van der Waals surface area contributed by atoms with Crippen molar-refractivity contribution < 1.29 is 0 Å². The van der Waals surface area contributed by atoms with E-state index >= 15 is 0 Å². The maximum absolute atomic E-state index is 3.87. The summed E-state index contributed by atoms with van der Waals surface area (Å²) < 4.78 is 0. The predicted octanol–water partition coefficient (Wildman–Crippen LogP) is 5.01. The van der Waals surface area contributed by atoms with Gasteiger partial charge in [-0.3, -0.25) is 0 Å². The standard InChI is InChI=1S/C18H35N/c1-4-19-18(16-8-6-5-7-9-16)17-12-10-15(11-13-17)14(2)3/h14-19H,4-13H2,1-3H3. The molecule has 2 saturated carbocycles. The SMILES string of the molecule is CCNC(C1CCCCC1)C1CCC(C(C)C)CC1. The van der Waals surface area contributed by atoms with Gasteiger partial charge in [-0.25, -0.2) is 0 Å². The van der Waals surface area contributed by atoms with Crippen LogP contribution in [0.5, 0.6) is 0 Å². The minimum Gasteiger partial charge on any atom is -0.314 e. The first-order chi connectivity index (χ1) is 9.22. The zero-order chi connectivity index (χ0) is 13.7. The second-order valence-electron chi connectivity index (χ2n) is 7.40. The highest BCUT2D eigenvalue weighted by molar-refractivity contribution is 4.88. The summed E-state index contributed by atoms with van der Waals surface area (Å²) in [6.07, 6.45) is 13.3. The van der Waals surface area contributed by atoms with E-state index in [0.29, 0.717) is 0 Å². The average Bonchev–Trinajstić information content (AvgIpc) is 2.46. The third-order valence-electron chi connectivity index (χ3n) is 5.86. The van der Waals surface area contributed by atoms with Crippen molar-refractivity contribution in [3.63, 3.8) is 0 Å². The highest BCUT2D eigenvalue weighted by Gasteiger charge is 2.33. The Morgan fingerprint density at radius 1 is 0.789 bits per heavy atom. The van der Waals surface area contributed by atoms with E-state index in [2.05, 4.69) is 26.1 Å². The van der Waals surface area contributed by atoms with Crippen LogP contribution in [-0.2, 0) is 0 Å². The third-order valence-corrected chi connectivity index (χ3v) is 5.86. The molecule has 0 bridgehead atoms. The van der Waals surface area contributed by atoms with Gasteiger partial charge in [-0.1, -0.05) is 40.0 Å². The van der Waals surface area contributed by atoms with Crippen LogP contribution in [0, 0.1) is 23.7 Å². The number of hydrogen-bond donors (Lipinski definition) is 1. The Hall–Kier alpha value is -0.0400. The lowest BCUT2D eigenvalue weighted by Gasteiger charge is -2.40. The monoisotopic (exact) mass is 265 g/mol. The zero-order valence-corrected chi connectivity index (χ0v) is 13.5. The second-order valence-corrected chi connectivity index (χ2v) is 7.40. The normalized spacial score (nSPS) is 31.6. The molecule has 0 saturated heterocycles. The van der Waals surface area contributed by atoms with Gasteiger partial charge in [0.2, 0.25) is 0 Å². The summed E-state index contributed by atoms with van der Waals surface area (Å²) in [5.41, 5.74) is 0. The highest BCUT2D eigenvalue weighted by atomic mass is 14.9. The quantitative estimate of drug-likeness (QED) is 0.737. The Morgan fingerprint density at radius 2 is 1.32 bits per heavy atom. The van der Waals surface area contributed by atoms with Crippen molar-refractivity contribution in [1.29, 1.82) is 0 Å². The minimum atomic E-state index is 0.832. The molecule has 2 rings (SSSR count). The van der Waals surface area contributed by atoms with Gasteiger partial charge < -0.3 is 5.32 Å². The summed E-state index contributed by atoms with van der Waals surface area (Å²) in [6, 6.07) is 0.832. The van der Waals surface area contributed by atoms with Crippen LogP contribution in [0.25, 0.3) is 0 Å². The maximum Gasteiger partial charge on any atom is 0.0123 e. The van der Waals surface area contributed by atoms with Crippen LogP contribution in [0.2, 0.25) is 0 Å². The Morgan fingerprint density at radius 3 is 1.84 bits per heavy atom. The smallest absolute Gasteiger partial charge is 0.0123 e. The van der Waals surface area contributed by atoms with Gasteiger partial charge in [0.05, 0.1) is 0 Å². The molecule has 0 aromatic carbocycles. The van der Waals surface area contributed by atoms with Gasteiger partial charge in [0.1, 0.15) is 0 Å². The van der Waals surface area contributed by atoms with E-state index in [1.807, 2.05) is 0 Å². The van der Waals surface area contributed by atoms with E-state index in [1.165, 1.54) is 57.8 Å². The number of nitrogens with one attached hydrogen (secondary N) is 1. The second kappa shape index (κ2) is 7.67. The lowest BCUT2D eigenvalue weighted by atomic mass is 9.70. The predicted molar refractivity (Wildman–Crippen MR) is 84.3 cm³/mol. The molecule has 2 aliphatic carbocycles. The molecule has 19 heavy (non-hydrogen) atoms. The van der Waals surface area contributed by atoms with E-state index in [1.54, 1.807) is 0 Å². The molecule has 0 aromatic rings. The zero-order valence-electron chi connectivity index (χ0n) is 13.5.